The summed E-state index contributed by atoms with van der Waals surface area (Å²) in [6.45, 7) is 5.85. The molecule has 192 valence electrons. The SMILES string of the molecule is COC(=O)[C@H]1C[C@H](NC(=O)OC(C)(C)C)CC[C@@H]1N1CC[C@H](NC(=O)OCc2ccccc2)C1=O. The number of likely N-dealkylation sites (tertiary alicyclic amines) is 1. The van der Waals surface area contributed by atoms with Crippen LogP contribution in [0, 0.1) is 5.92 Å². The van der Waals surface area contributed by atoms with E-state index in [0.717, 1.165) is 5.56 Å². The summed E-state index contributed by atoms with van der Waals surface area (Å²) in [6, 6.07) is 7.90. The zero-order valence-electron chi connectivity index (χ0n) is 20.7. The number of hydrogen-bond acceptors (Lipinski definition) is 7. The van der Waals surface area contributed by atoms with Gasteiger partial charge in [0, 0.05) is 18.6 Å². The second kappa shape index (κ2) is 11.4. The lowest BCUT2D eigenvalue weighted by atomic mass is 9.80. The number of benzene rings is 1. The first-order valence-electron chi connectivity index (χ1n) is 11.9. The molecule has 1 heterocycles. The van der Waals surface area contributed by atoms with Crippen molar-refractivity contribution in [2.45, 2.75) is 76.8 Å². The molecule has 3 amide bonds. The molecule has 2 N–H and O–H groups in total. The molecule has 1 aromatic rings. The standard InChI is InChI=1S/C25H35N3O7/c1-25(2,3)35-24(32)26-17-10-11-20(18(14-17)22(30)33-4)28-13-12-19(21(28)29)27-23(31)34-15-16-8-6-5-7-9-16/h5-9,17-20H,10-15H2,1-4H3,(H,26,32)(H,27,31)/t17-,18+,19+,20+/m1/s1. The van der Waals surface area contributed by atoms with Crippen molar-refractivity contribution in [3.8, 4) is 0 Å². The van der Waals surface area contributed by atoms with Crippen molar-refractivity contribution in [2.24, 2.45) is 5.92 Å². The van der Waals surface area contributed by atoms with Gasteiger partial charge in [0.1, 0.15) is 18.2 Å². The molecule has 2 aliphatic rings. The van der Waals surface area contributed by atoms with Gasteiger partial charge in [-0.05, 0) is 52.0 Å². The first-order valence-corrected chi connectivity index (χ1v) is 11.9. The molecular formula is C25H35N3O7. The van der Waals surface area contributed by atoms with Crippen molar-refractivity contribution < 1.29 is 33.4 Å². The fourth-order valence-electron chi connectivity index (χ4n) is 4.61. The summed E-state index contributed by atoms with van der Waals surface area (Å²) in [4.78, 5) is 51.8. The monoisotopic (exact) mass is 489 g/mol. The maximum Gasteiger partial charge on any atom is 0.408 e. The predicted molar refractivity (Wildman–Crippen MR) is 126 cm³/mol. The van der Waals surface area contributed by atoms with E-state index in [1.807, 2.05) is 30.3 Å². The molecule has 1 saturated heterocycles. The van der Waals surface area contributed by atoms with Gasteiger partial charge in [0.15, 0.2) is 0 Å². The maximum atomic E-state index is 13.1. The summed E-state index contributed by atoms with van der Waals surface area (Å²) in [5, 5.41) is 5.46. The van der Waals surface area contributed by atoms with Crippen LogP contribution in [0.4, 0.5) is 9.59 Å². The summed E-state index contributed by atoms with van der Waals surface area (Å²) in [5.41, 5.74) is 0.217. The molecule has 0 bridgehead atoms. The van der Waals surface area contributed by atoms with Crippen LogP contribution in [0.5, 0.6) is 0 Å². The van der Waals surface area contributed by atoms with Crippen LogP contribution in [0.3, 0.4) is 0 Å². The van der Waals surface area contributed by atoms with E-state index >= 15 is 0 Å². The number of hydrogen-bond donors (Lipinski definition) is 2. The van der Waals surface area contributed by atoms with Crippen LogP contribution in [0.1, 0.15) is 52.0 Å². The van der Waals surface area contributed by atoms with Gasteiger partial charge in [-0.2, -0.15) is 0 Å². The zero-order valence-corrected chi connectivity index (χ0v) is 20.7. The number of carbonyl (C=O) groups excluding carboxylic acids is 4. The number of carbonyl (C=O) groups is 4. The van der Waals surface area contributed by atoms with Crippen molar-refractivity contribution in [3.63, 3.8) is 0 Å². The normalized spacial score (nSPS) is 24.5. The lowest BCUT2D eigenvalue weighted by Gasteiger charge is -2.39. The second-order valence-corrected chi connectivity index (χ2v) is 9.93. The van der Waals surface area contributed by atoms with Crippen LogP contribution in [-0.4, -0.2) is 66.3 Å². The Morgan fingerprint density at radius 3 is 2.40 bits per heavy atom. The highest BCUT2D eigenvalue weighted by Crippen LogP contribution is 2.32. The van der Waals surface area contributed by atoms with E-state index in [2.05, 4.69) is 10.6 Å². The molecule has 1 aliphatic heterocycles. The molecule has 1 saturated carbocycles. The average molecular weight is 490 g/mol. The minimum absolute atomic E-state index is 0.108. The van der Waals surface area contributed by atoms with Gasteiger partial charge in [-0.15, -0.1) is 0 Å². The van der Waals surface area contributed by atoms with Gasteiger partial charge in [0.05, 0.1) is 13.0 Å². The average Bonchev–Trinajstić information content (AvgIpc) is 3.16. The number of methoxy groups -OCH3 is 1. The fraction of sp³-hybridized carbons (Fsp3) is 0.600. The van der Waals surface area contributed by atoms with Crippen LogP contribution in [0.2, 0.25) is 0 Å². The zero-order chi connectivity index (χ0) is 25.6. The Morgan fingerprint density at radius 1 is 1.03 bits per heavy atom. The van der Waals surface area contributed by atoms with Crippen LogP contribution >= 0.6 is 0 Å². The predicted octanol–water partition coefficient (Wildman–Crippen LogP) is 2.75. The minimum atomic E-state index is -0.714. The lowest BCUT2D eigenvalue weighted by Crippen LogP contribution is -2.53. The van der Waals surface area contributed by atoms with E-state index < -0.39 is 35.7 Å². The molecule has 10 heteroatoms. The van der Waals surface area contributed by atoms with E-state index in [-0.39, 0.29) is 24.6 Å². The first-order chi connectivity index (χ1) is 16.6. The molecule has 1 aliphatic carbocycles. The maximum absolute atomic E-state index is 13.1. The Labute approximate surface area is 205 Å². The number of rotatable bonds is 6. The van der Waals surface area contributed by atoms with Crippen molar-refractivity contribution in [1.82, 2.24) is 15.5 Å². The van der Waals surface area contributed by atoms with Crippen LogP contribution < -0.4 is 10.6 Å². The highest BCUT2D eigenvalue weighted by atomic mass is 16.6. The fourth-order valence-corrected chi connectivity index (χ4v) is 4.61. The smallest absolute Gasteiger partial charge is 0.408 e. The highest BCUT2D eigenvalue weighted by molar-refractivity contribution is 5.88. The molecule has 0 aromatic heterocycles. The van der Waals surface area contributed by atoms with Gasteiger partial charge in [-0.25, -0.2) is 9.59 Å². The Morgan fingerprint density at radius 2 is 1.74 bits per heavy atom. The molecule has 3 rings (SSSR count). The topological polar surface area (TPSA) is 123 Å². The molecule has 1 aromatic carbocycles. The number of ether oxygens (including phenoxy) is 3. The van der Waals surface area contributed by atoms with Crippen LogP contribution in [-0.2, 0) is 30.4 Å². The molecule has 0 radical (unpaired) electrons. The summed E-state index contributed by atoms with van der Waals surface area (Å²) in [5.74, 6) is -1.28. The number of esters is 1. The number of nitrogens with zero attached hydrogens (tertiary/aromatic N) is 1. The second-order valence-electron chi connectivity index (χ2n) is 9.93. The van der Waals surface area contributed by atoms with E-state index in [1.165, 1.54) is 7.11 Å². The third-order valence-electron chi connectivity index (χ3n) is 6.18. The molecular weight excluding hydrogens is 454 g/mol. The van der Waals surface area contributed by atoms with Gasteiger partial charge < -0.3 is 29.7 Å². The van der Waals surface area contributed by atoms with Gasteiger partial charge in [0.25, 0.3) is 0 Å². The minimum Gasteiger partial charge on any atom is -0.469 e. The molecule has 35 heavy (non-hydrogen) atoms. The summed E-state index contributed by atoms with van der Waals surface area (Å²) in [7, 11) is 1.31. The number of alkyl carbamates (subject to hydrolysis) is 2. The Balaban J connectivity index is 1.56. The lowest BCUT2D eigenvalue weighted by molar-refractivity contribution is -0.151. The Bertz CT molecular complexity index is 915. The molecule has 10 nitrogen and oxygen atoms in total. The van der Waals surface area contributed by atoms with Crippen molar-refractivity contribution in [1.29, 1.82) is 0 Å². The summed E-state index contributed by atoms with van der Waals surface area (Å²) >= 11 is 0. The Hall–Kier alpha value is -3.30. The van der Waals surface area contributed by atoms with E-state index in [0.29, 0.717) is 32.2 Å². The first kappa shape index (κ1) is 26.3. The quantitative estimate of drug-likeness (QED) is 0.465. The third kappa shape index (κ3) is 7.34. The van der Waals surface area contributed by atoms with Crippen LogP contribution in [0.25, 0.3) is 0 Å². The summed E-state index contributed by atoms with van der Waals surface area (Å²) < 4.78 is 15.6. The van der Waals surface area contributed by atoms with Gasteiger partial charge >= 0.3 is 18.2 Å². The molecule has 0 unspecified atom stereocenters. The third-order valence-corrected chi connectivity index (χ3v) is 6.18. The molecule has 0 spiro atoms. The highest BCUT2D eigenvalue weighted by Gasteiger charge is 2.45. The van der Waals surface area contributed by atoms with Crippen molar-refractivity contribution >= 4 is 24.1 Å². The van der Waals surface area contributed by atoms with Gasteiger partial charge in [-0.1, -0.05) is 30.3 Å². The molecule has 2 fully saturated rings. The number of amides is 3. The van der Waals surface area contributed by atoms with Gasteiger partial charge in [-0.3, -0.25) is 9.59 Å². The van der Waals surface area contributed by atoms with E-state index in [9.17, 15) is 19.2 Å². The number of nitrogens with one attached hydrogen (secondary N) is 2. The van der Waals surface area contributed by atoms with Crippen molar-refractivity contribution in [2.75, 3.05) is 13.7 Å². The largest absolute Gasteiger partial charge is 0.469 e. The van der Waals surface area contributed by atoms with Crippen molar-refractivity contribution in [3.05, 3.63) is 35.9 Å². The molecule has 4 atom stereocenters. The van der Waals surface area contributed by atoms with E-state index in [4.69, 9.17) is 14.2 Å². The summed E-state index contributed by atoms with van der Waals surface area (Å²) in [6.07, 6.45) is 0.639. The van der Waals surface area contributed by atoms with Crippen LogP contribution in [0.15, 0.2) is 30.3 Å². The van der Waals surface area contributed by atoms with Gasteiger partial charge in [0.2, 0.25) is 5.91 Å². The van der Waals surface area contributed by atoms with E-state index in [1.54, 1.807) is 25.7 Å². The Kier molecular flexibility index (Phi) is 8.58.